The molecule has 0 bridgehead atoms. The highest BCUT2D eigenvalue weighted by atomic mass is 35.5. The molecule has 1 amide bonds. The highest BCUT2D eigenvalue weighted by Gasteiger charge is 2.11. The first-order chi connectivity index (χ1) is 9.05. The van der Waals surface area contributed by atoms with Crippen molar-refractivity contribution in [2.75, 3.05) is 19.6 Å². The monoisotopic (exact) mass is 303 g/mol. The Hall–Kier alpha value is -0.650. The molecule has 0 fully saturated rings. The molecule has 0 spiro atoms. The van der Waals surface area contributed by atoms with Crippen LogP contribution in [0.4, 0.5) is 0 Å². The average Bonchev–Trinajstić information content (AvgIpc) is 2.81. The summed E-state index contributed by atoms with van der Waals surface area (Å²) in [7, 11) is 0. The van der Waals surface area contributed by atoms with Gasteiger partial charge in [0.25, 0.3) is 0 Å². The van der Waals surface area contributed by atoms with Gasteiger partial charge in [-0.25, -0.2) is 4.98 Å². The van der Waals surface area contributed by atoms with Crippen molar-refractivity contribution < 1.29 is 4.79 Å². The summed E-state index contributed by atoms with van der Waals surface area (Å²) < 4.78 is 0. The van der Waals surface area contributed by atoms with E-state index >= 15 is 0 Å². The SMILES string of the molecule is CCN(CCc1nc(CCl)cs1)CC(=O)NC(C)C. The number of hydrogen-bond donors (Lipinski definition) is 1. The molecule has 1 rings (SSSR count). The first-order valence-electron chi connectivity index (χ1n) is 6.56. The molecule has 0 unspecified atom stereocenters. The van der Waals surface area contributed by atoms with E-state index in [1.165, 1.54) is 0 Å². The summed E-state index contributed by atoms with van der Waals surface area (Å²) in [6, 6.07) is 0.191. The van der Waals surface area contributed by atoms with Crippen molar-refractivity contribution in [1.82, 2.24) is 15.2 Å². The zero-order valence-corrected chi connectivity index (χ0v) is 13.4. The minimum Gasteiger partial charge on any atom is -0.353 e. The Morgan fingerprint density at radius 2 is 2.32 bits per heavy atom. The summed E-state index contributed by atoms with van der Waals surface area (Å²) in [6.45, 7) is 8.16. The number of aromatic nitrogens is 1. The molecule has 0 saturated carbocycles. The summed E-state index contributed by atoms with van der Waals surface area (Å²) in [5.74, 6) is 0.544. The van der Waals surface area contributed by atoms with Crippen LogP contribution in [0.2, 0.25) is 0 Å². The molecule has 1 heterocycles. The topological polar surface area (TPSA) is 45.2 Å². The Kier molecular flexibility index (Phi) is 7.34. The minimum absolute atomic E-state index is 0.0810. The van der Waals surface area contributed by atoms with Gasteiger partial charge in [-0.1, -0.05) is 6.92 Å². The number of likely N-dealkylation sites (N-methyl/N-ethyl adjacent to an activating group) is 1. The number of nitrogens with zero attached hydrogens (tertiary/aromatic N) is 2. The zero-order valence-electron chi connectivity index (χ0n) is 11.8. The molecule has 1 aromatic heterocycles. The molecule has 0 aliphatic heterocycles. The number of thiazole rings is 1. The van der Waals surface area contributed by atoms with Crippen LogP contribution in [-0.4, -0.2) is 41.5 Å². The van der Waals surface area contributed by atoms with Crippen LogP contribution in [0.25, 0.3) is 0 Å². The third-order valence-electron chi connectivity index (χ3n) is 2.64. The van der Waals surface area contributed by atoms with Gasteiger partial charge < -0.3 is 5.32 Å². The third kappa shape index (κ3) is 6.36. The first-order valence-corrected chi connectivity index (χ1v) is 7.97. The van der Waals surface area contributed by atoms with E-state index in [0.717, 1.165) is 30.2 Å². The fourth-order valence-electron chi connectivity index (χ4n) is 1.70. The van der Waals surface area contributed by atoms with Crippen molar-refractivity contribution in [3.8, 4) is 0 Å². The Balaban J connectivity index is 2.37. The lowest BCUT2D eigenvalue weighted by Crippen LogP contribution is -2.40. The van der Waals surface area contributed by atoms with Crippen LogP contribution in [0, 0.1) is 0 Å². The van der Waals surface area contributed by atoms with Crippen LogP contribution < -0.4 is 5.32 Å². The van der Waals surface area contributed by atoms with Crippen molar-refractivity contribution in [2.24, 2.45) is 0 Å². The van der Waals surface area contributed by atoms with E-state index in [9.17, 15) is 4.79 Å². The van der Waals surface area contributed by atoms with Crippen molar-refractivity contribution >= 4 is 28.8 Å². The molecule has 0 aliphatic rings. The normalized spacial score (nSPS) is 11.3. The molecule has 1 N–H and O–H groups in total. The zero-order chi connectivity index (χ0) is 14.3. The lowest BCUT2D eigenvalue weighted by atomic mass is 10.3. The Morgan fingerprint density at radius 3 is 2.84 bits per heavy atom. The minimum atomic E-state index is 0.0810. The van der Waals surface area contributed by atoms with E-state index in [0.29, 0.717) is 12.4 Å². The molecule has 0 saturated heterocycles. The lowest BCUT2D eigenvalue weighted by Gasteiger charge is -2.20. The van der Waals surface area contributed by atoms with Crippen molar-refractivity contribution in [3.05, 3.63) is 16.1 Å². The molecule has 6 heteroatoms. The molecule has 108 valence electrons. The Morgan fingerprint density at radius 1 is 1.58 bits per heavy atom. The number of nitrogens with one attached hydrogen (secondary N) is 1. The predicted octanol–water partition coefficient (Wildman–Crippen LogP) is 2.27. The summed E-state index contributed by atoms with van der Waals surface area (Å²) >= 11 is 7.36. The second-order valence-electron chi connectivity index (χ2n) is 4.71. The maximum Gasteiger partial charge on any atom is 0.234 e. The molecule has 4 nitrogen and oxygen atoms in total. The number of hydrogen-bond acceptors (Lipinski definition) is 4. The van der Waals surface area contributed by atoms with Gasteiger partial charge in [0.2, 0.25) is 5.91 Å². The number of carbonyl (C=O) groups excluding carboxylic acids is 1. The number of halogens is 1. The number of rotatable bonds is 8. The number of amides is 1. The van der Waals surface area contributed by atoms with Crippen molar-refractivity contribution in [1.29, 1.82) is 0 Å². The summed E-state index contributed by atoms with van der Waals surface area (Å²) in [6.07, 6.45) is 0.865. The molecule has 0 aromatic carbocycles. The molecule has 0 atom stereocenters. The fraction of sp³-hybridized carbons (Fsp3) is 0.692. The lowest BCUT2D eigenvalue weighted by molar-refractivity contribution is -0.122. The molecule has 0 aliphatic carbocycles. The van der Waals surface area contributed by atoms with E-state index in [4.69, 9.17) is 11.6 Å². The quantitative estimate of drug-likeness (QED) is 0.749. The number of alkyl halides is 1. The van der Waals surface area contributed by atoms with Gasteiger partial charge in [-0.05, 0) is 20.4 Å². The van der Waals surface area contributed by atoms with Gasteiger partial charge in [-0.15, -0.1) is 22.9 Å². The molecule has 1 aromatic rings. The number of carbonyl (C=O) groups is 1. The van der Waals surface area contributed by atoms with E-state index in [2.05, 4.69) is 22.1 Å². The van der Waals surface area contributed by atoms with Crippen LogP contribution in [0.15, 0.2) is 5.38 Å². The Labute approximate surface area is 124 Å². The largest absolute Gasteiger partial charge is 0.353 e. The second-order valence-corrected chi connectivity index (χ2v) is 5.92. The van der Waals surface area contributed by atoms with Gasteiger partial charge in [0, 0.05) is 24.4 Å². The molecular weight excluding hydrogens is 282 g/mol. The third-order valence-corrected chi connectivity index (χ3v) is 3.87. The maximum absolute atomic E-state index is 11.7. The van der Waals surface area contributed by atoms with E-state index in [1.807, 2.05) is 19.2 Å². The van der Waals surface area contributed by atoms with Crippen LogP contribution in [0.5, 0.6) is 0 Å². The predicted molar refractivity (Wildman–Crippen MR) is 80.8 cm³/mol. The van der Waals surface area contributed by atoms with Gasteiger partial charge in [0.1, 0.15) is 0 Å². The van der Waals surface area contributed by atoms with Gasteiger partial charge in [-0.2, -0.15) is 0 Å². The summed E-state index contributed by atoms with van der Waals surface area (Å²) in [5.41, 5.74) is 0.933. The van der Waals surface area contributed by atoms with E-state index in [-0.39, 0.29) is 11.9 Å². The standard InChI is InChI=1S/C13H22ClN3OS/c1-4-17(8-12(18)15-10(2)3)6-5-13-16-11(7-14)9-19-13/h9-10H,4-8H2,1-3H3,(H,15,18). The average molecular weight is 304 g/mol. The van der Waals surface area contributed by atoms with Crippen LogP contribution in [0.3, 0.4) is 0 Å². The molecular formula is C13H22ClN3OS. The van der Waals surface area contributed by atoms with Gasteiger partial charge >= 0.3 is 0 Å². The summed E-state index contributed by atoms with van der Waals surface area (Å²) in [5, 5.41) is 5.98. The van der Waals surface area contributed by atoms with Gasteiger partial charge in [0.05, 0.1) is 23.1 Å². The van der Waals surface area contributed by atoms with Gasteiger partial charge in [-0.3, -0.25) is 9.69 Å². The Bertz CT molecular complexity index is 395. The fourth-order valence-corrected chi connectivity index (χ4v) is 2.71. The highest BCUT2D eigenvalue weighted by molar-refractivity contribution is 7.09. The van der Waals surface area contributed by atoms with E-state index < -0.39 is 0 Å². The van der Waals surface area contributed by atoms with E-state index in [1.54, 1.807) is 11.3 Å². The highest BCUT2D eigenvalue weighted by Crippen LogP contribution is 2.12. The molecule has 19 heavy (non-hydrogen) atoms. The van der Waals surface area contributed by atoms with Crippen LogP contribution >= 0.6 is 22.9 Å². The van der Waals surface area contributed by atoms with Crippen molar-refractivity contribution in [2.45, 2.75) is 39.1 Å². The summed E-state index contributed by atoms with van der Waals surface area (Å²) in [4.78, 5) is 18.2. The van der Waals surface area contributed by atoms with Crippen LogP contribution in [-0.2, 0) is 17.1 Å². The second kappa shape index (κ2) is 8.51. The van der Waals surface area contributed by atoms with Crippen LogP contribution in [0.1, 0.15) is 31.5 Å². The smallest absolute Gasteiger partial charge is 0.234 e. The first kappa shape index (κ1) is 16.4. The molecule has 0 radical (unpaired) electrons. The van der Waals surface area contributed by atoms with Gasteiger partial charge in [0.15, 0.2) is 0 Å². The maximum atomic E-state index is 11.7. The van der Waals surface area contributed by atoms with Crippen molar-refractivity contribution in [3.63, 3.8) is 0 Å².